The first-order valence-electron chi connectivity index (χ1n) is 8.05. The molecule has 3 rings (SSSR count). The third-order valence-corrected chi connectivity index (χ3v) is 4.23. The molecule has 24 heavy (non-hydrogen) atoms. The van der Waals surface area contributed by atoms with Crippen molar-refractivity contribution in [2.45, 2.75) is 12.8 Å². The van der Waals surface area contributed by atoms with Gasteiger partial charge in [-0.1, -0.05) is 24.3 Å². The van der Waals surface area contributed by atoms with Crippen LogP contribution in [-0.4, -0.2) is 25.0 Å². The molecule has 0 aromatic heterocycles. The number of hydrogen-bond donors (Lipinski definition) is 1. The largest absolute Gasteiger partial charge is 0.508 e. The van der Waals surface area contributed by atoms with Gasteiger partial charge in [-0.3, -0.25) is 4.79 Å². The van der Waals surface area contributed by atoms with Gasteiger partial charge in [0.05, 0.1) is 0 Å². The highest BCUT2D eigenvalue weighted by atomic mass is 16.3. The van der Waals surface area contributed by atoms with Crippen molar-refractivity contribution in [3.05, 3.63) is 70.8 Å². The zero-order valence-electron chi connectivity index (χ0n) is 14.0. The number of aromatic hydroxyl groups is 1. The molecule has 0 bridgehead atoms. The molecule has 0 unspecified atom stereocenters. The lowest BCUT2D eigenvalue weighted by atomic mass is 10.1. The van der Waals surface area contributed by atoms with Crippen LogP contribution >= 0.6 is 0 Å². The van der Waals surface area contributed by atoms with Crippen LogP contribution in [-0.2, 0) is 4.79 Å². The van der Waals surface area contributed by atoms with Crippen LogP contribution < -0.4 is 4.90 Å². The summed E-state index contributed by atoms with van der Waals surface area (Å²) in [6, 6.07) is 15.1. The predicted molar refractivity (Wildman–Crippen MR) is 99.1 cm³/mol. The third kappa shape index (κ3) is 3.57. The van der Waals surface area contributed by atoms with Gasteiger partial charge in [-0.15, -0.1) is 0 Å². The Morgan fingerprint density at radius 2 is 1.29 bits per heavy atom. The van der Waals surface area contributed by atoms with Crippen molar-refractivity contribution in [3.8, 4) is 5.75 Å². The molecule has 0 aliphatic heterocycles. The van der Waals surface area contributed by atoms with Crippen molar-refractivity contribution in [2.75, 3.05) is 19.0 Å². The number of benzene rings is 2. The minimum absolute atomic E-state index is 0.125. The lowest BCUT2D eigenvalue weighted by Crippen LogP contribution is -2.07. The van der Waals surface area contributed by atoms with Crippen molar-refractivity contribution >= 4 is 23.6 Å². The van der Waals surface area contributed by atoms with Gasteiger partial charge in [0.2, 0.25) is 0 Å². The summed E-state index contributed by atoms with van der Waals surface area (Å²) < 4.78 is 0. The number of allylic oxidation sites excluding steroid dienone is 2. The summed E-state index contributed by atoms with van der Waals surface area (Å²) in [6.45, 7) is 0. The first kappa shape index (κ1) is 16.1. The van der Waals surface area contributed by atoms with E-state index in [1.807, 2.05) is 50.5 Å². The van der Waals surface area contributed by atoms with Crippen LogP contribution in [0.4, 0.5) is 5.69 Å². The van der Waals surface area contributed by atoms with Crippen molar-refractivity contribution in [1.29, 1.82) is 0 Å². The highest BCUT2D eigenvalue weighted by Crippen LogP contribution is 2.30. The number of rotatable bonds is 3. The molecule has 1 aliphatic carbocycles. The fourth-order valence-electron chi connectivity index (χ4n) is 2.82. The predicted octanol–water partition coefficient (Wildman–Crippen LogP) is 4.29. The second-order valence-electron chi connectivity index (χ2n) is 6.25. The second-order valence-corrected chi connectivity index (χ2v) is 6.25. The third-order valence-electron chi connectivity index (χ3n) is 4.23. The normalized spacial score (nSPS) is 17.7. The minimum Gasteiger partial charge on any atom is -0.508 e. The molecule has 122 valence electrons. The molecule has 2 aromatic rings. The SMILES string of the molecule is CN(C)c1ccc(C=C2CCC(=Cc3ccc(O)cc3)C2=O)cc1. The Hall–Kier alpha value is -2.81. The summed E-state index contributed by atoms with van der Waals surface area (Å²) in [4.78, 5) is 14.6. The number of phenols is 1. The van der Waals surface area contributed by atoms with E-state index in [9.17, 15) is 9.90 Å². The van der Waals surface area contributed by atoms with E-state index in [0.29, 0.717) is 0 Å². The van der Waals surface area contributed by atoms with Gasteiger partial charge in [-0.05, 0) is 60.4 Å². The summed E-state index contributed by atoms with van der Waals surface area (Å²) in [5.41, 5.74) is 4.82. The number of ketones is 1. The Morgan fingerprint density at radius 3 is 1.75 bits per heavy atom. The maximum atomic E-state index is 12.6. The van der Waals surface area contributed by atoms with Gasteiger partial charge in [0.25, 0.3) is 0 Å². The zero-order chi connectivity index (χ0) is 17.1. The lowest BCUT2D eigenvalue weighted by molar-refractivity contribution is -0.111. The van der Waals surface area contributed by atoms with Crippen LogP contribution in [0.5, 0.6) is 5.75 Å². The van der Waals surface area contributed by atoms with Crippen LogP contribution in [0.1, 0.15) is 24.0 Å². The fraction of sp³-hybridized carbons (Fsp3) is 0.190. The second kappa shape index (κ2) is 6.75. The van der Waals surface area contributed by atoms with E-state index in [2.05, 4.69) is 17.0 Å². The van der Waals surface area contributed by atoms with Gasteiger partial charge in [0, 0.05) is 30.9 Å². The van der Waals surface area contributed by atoms with Crippen molar-refractivity contribution in [3.63, 3.8) is 0 Å². The fourth-order valence-corrected chi connectivity index (χ4v) is 2.82. The molecule has 1 saturated carbocycles. The standard InChI is InChI=1S/C21H21NO2/c1-22(2)19-9-3-15(4-10-19)13-17-7-8-18(21(17)24)14-16-5-11-20(23)12-6-16/h3-6,9-14,23H,7-8H2,1-2H3. The molecular weight excluding hydrogens is 298 g/mol. The van der Waals surface area contributed by atoms with Gasteiger partial charge in [-0.2, -0.15) is 0 Å². The molecule has 3 heteroatoms. The molecule has 0 atom stereocenters. The van der Waals surface area contributed by atoms with Crippen LogP contribution in [0, 0.1) is 0 Å². The average molecular weight is 319 g/mol. The van der Waals surface area contributed by atoms with E-state index < -0.39 is 0 Å². The molecule has 1 aliphatic rings. The van der Waals surface area contributed by atoms with Gasteiger partial charge in [-0.25, -0.2) is 0 Å². The average Bonchev–Trinajstić information content (AvgIpc) is 2.91. The molecule has 0 radical (unpaired) electrons. The zero-order valence-corrected chi connectivity index (χ0v) is 14.0. The van der Waals surface area contributed by atoms with Crippen molar-refractivity contribution < 1.29 is 9.90 Å². The van der Waals surface area contributed by atoms with Crippen LogP contribution in [0.25, 0.3) is 12.2 Å². The Morgan fingerprint density at radius 1 is 0.833 bits per heavy atom. The number of Topliss-reactive ketones (excluding diaryl/α,β-unsaturated/α-hetero) is 1. The van der Waals surface area contributed by atoms with E-state index in [1.165, 1.54) is 0 Å². The number of nitrogens with zero attached hydrogens (tertiary/aromatic N) is 1. The van der Waals surface area contributed by atoms with E-state index in [0.717, 1.165) is 40.8 Å². The topological polar surface area (TPSA) is 40.5 Å². The number of hydrogen-bond acceptors (Lipinski definition) is 3. The Labute approximate surface area is 142 Å². The van der Waals surface area contributed by atoms with Crippen LogP contribution in [0.3, 0.4) is 0 Å². The van der Waals surface area contributed by atoms with Gasteiger partial charge >= 0.3 is 0 Å². The molecule has 0 heterocycles. The first-order chi connectivity index (χ1) is 11.5. The Bertz CT molecular complexity index is 797. The quantitative estimate of drug-likeness (QED) is 0.858. The van der Waals surface area contributed by atoms with Crippen LogP contribution in [0.2, 0.25) is 0 Å². The van der Waals surface area contributed by atoms with Gasteiger partial charge in [0.1, 0.15) is 5.75 Å². The van der Waals surface area contributed by atoms with E-state index in [-0.39, 0.29) is 11.5 Å². The molecule has 1 fully saturated rings. The minimum atomic E-state index is 0.125. The maximum absolute atomic E-state index is 12.6. The maximum Gasteiger partial charge on any atom is 0.185 e. The first-order valence-corrected chi connectivity index (χ1v) is 8.05. The number of carbonyl (C=O) groups is 1. The molecule has 1 N–H and O–H groups in total. The lowest BCUT2D eigenvalue weighted by Gasteiger charge is -2.11. The summed E-state index contributed by atoms with van der Waals surface area (Å²) in [7, 11) is 4.02. The van der Waals surface area contributed by atoms with E-state index >= 15 is 0 Å². The van der Waals surface area contributed by atoms with Gasteiger partial charge in [0.15, 0.2) is 5.78 Å². The van der Waals surface area contributed by atoms with E-state index in [4.69, 9.17) is 0 Å². The molecule has 3 nitrogen and oxygen atoms in total. The number of phenolic OH excluding ortho intramolecular Hbond substituents is 1. The highest BCUT2D eigenvalue weighted by Gasteiger charge is 2.22. The van der Waals surface area contributed by atoms with Gasteiger partial charge < -0.3 is 10.0 Å². The summed E-state index contributed by atoms with van der Waals surface area (Å²) >= 11 is 0. The summed E-state index contributed by atoms with van der Waals surface area (Å²) in [5.74, 6) is 0.358. The smallest absolute Gasteiger partial charge is 0.185 e. The van der Waals surface area contributed by atoms with Crippen LogP contribution in [0.15, 0.2) is 59.7 Å². The molecule has 0 saturated heterocycles. The number of anilines is 1. The van der Waals surface area contributed by atoms with E-state index in [1.54, 1.807) is 12.1 Å². The molecule has 2 aromatic carbocycles. The monoisotopic (exact) mass is 319 g/mol. The molecular formula is C21H21NO2. The molecule has 0 amide bonds. The summed E-state index contributed by atoms with van der Waals surface area (Å²) in [6.07, 6.45) is 5.44. The highest BCUT2D eigenvalue weighted by molar-refractivity contribution is 6.15. The molecule has 0 spiro atoms. The van der Waals surface area contributed by atoms with Crippen molar-refractivity contribution in [2.24, 2.45) is 0 Å². The Balaban J connectivity index is 1.79. The number of carbonyl (C=O) groups excluding carboxylic acids is 1. The van der Waals surface area contributed by atoms with Crippen molar-refractivity contribution in [1.82, 2.24) is 0 Å². The Kier molecular flexibility index (Phi) is 4.52. The summed E-state index contributed by atoms with van der Waals surface area (Å²) in [5, 5.41) is 9.33.